The molecule has 2 aliphatic rings. The molecule has 0 spiro atoms. The second-order valence-electron chi connectivity index (χ2n) is 9.54. The molecule has 38 heavy (non-hydrogen) atoms. The van der Waals surface area contributed by atoms with Crippen LogP contribution in [-0.4, -0.2) is 86.1 Å². The molecule has 2 aromatic rings. The van der Waals surface area contributed by atoms with Gasteiger partial charge >= 0.3 is 0 Å². The van der Waals surface area contributed by atoms with E-state index in [0.717, 1.165) is 44.7 Å². The first-order chi connectivity index (χ1) is 18.3. The normalized spacial score (nSPS) is 16.9. The van der Waals surface area contributed by atoms with Gasteiger partial charge in [-0.3, -0.25) is 14.6 Å². The Labute approximate surface area is 229 Å². The van der Waals surface area contributed by atoms with Crippen LogP contribution in [0.5, 0.6) is 5.75 Å². The van der Waals surface area contributed by atoms with Gasteiger partial charge in [0.25, 0.3) is 5.91 Å². The predicted octanol–water partition coefficient (Wildman–Crippen LogP) is 2.55. The van der Waals surface area contributed by atoms with Crippen molar-refractivity contribution >= 4 is 34.8 Å². The van der Waals surface area contributed by atoms with Gasteiger partial charge in [0.05, 0.1) is 24.7 Å². The van der Waals surface area contributed by atoms with E-state index in [9.17, 15) is 9.59 Å². The van der Waals surface area contributed by atoms with Crippen LogP contribution in [-0.2, 0) is 9.59 Å². The fraction of sp³-hybridized carbons (Fsp3) is 0.357. The molecule has 9 nitrogen and oxygen atoms in total. The Morgan fingerprint density at radius 3 is 2.66 bits per heavy atom. The summed E-state index contributed by atoms with van der Waals surface area (Å²) in [6.45, 7) is 10.1. The largest absolute Gasteiger partial charge is 0.494 e. The van der Waals surface area contributed by atoms with Gasteiger partial charge < -0.3 is 24.8 Å². The average Bonchev–Trinajstić information content (AvgIpc) is 3.36. The van der Waals surface area contributed by atoms with Gasteiger partial charge in [0.2, 0.25) is 5.91 Å². The highest BCUT2D eigenvalue weighted by molar-refractivity contribution is 6.30. The number of amides is 2. The van der Waals surface area contributed by atoms with Crippen LogP contribution >= 0.6 is 11.6 Å². The highest BCUT2D eigenvalue weighted by Crippen LogP contribution is 2.29. The molecule has 4 rings (SSSR count). The third-order valence-electron chi connectivity index (χ3n) is 6.63. The van der Waals surface area contributed by atoms with E-state index in [1.54, 1.807) is 24.3 Å². The maximum Gasteiger partial charge on any atom is 0.255 e. The van der Waals surface area contributed by atoms with E-state index in [0.29, 0.717) is 28.8 Å². The highest BCUT2D eigenvalue weighted by atomic mass is 35.5. The fourth-order valence-corrected chi connectivity index (χ4v) is 4.58. The fourth-order valence-electron chi connectivity index (χ4n) is 4.39. The van der Waals surface area contributed by atoms with Crippen LogP contribution in [0.4, 0.5) is 5.69 Å². The van der Waals surface area contributed by atoms with Crippen LogP contribution in [0, 0.1) is 0 Å². The van der Waals surface area contributed by atoms with Crippen molar-refractivity contribution in [3.63, 3.8) is 0 Å². The summed E-state index contributed by atoms with van der Waals surface area (Å²) >= 11 is 6.21. The molecule has 2 saturated heterocycles. The van der Waals surface area contributed by atoms with Crippen LogP contribution in [0.1, 0.15) is 12.0 Å². The third kappa shape index (κ3) is 7.35. The SMILES string of the molecule is C=C(/C=C(/c1cccc(OCCCN2CCN(C)CC2)c1)N(N)c1cccc(Cl)c1)C(=O)N1CNC(=O)C1. The lowest BCUT2D eigenvalue weighted by Gasteiger charge is -2.32. The van der Waals surface area contributed by atoms with Crippen molar-refractivity contribution in [1.82, 2.24) is 20.0 Å². The zero-order valence-electron chi connectivity index (χ0n) is 21.7. The van der Waals surface area contributed by atoms with Crippen LogP contribution in [0.15, 0.2) is 66.8 Å². The quantitative estimate of drug-likeness (QED) is 0.158. The number of benzene rings is 2. The second-order valence-corrected chi connectivity index (χ2v) is 9.98. The molecule has 2 aromatic carbocycles. The van der Waals surface area contributed by atoms with Gasteiger partial charge in [0.1, 0.15) is 12.3 Å². The van der Waals surface area contributed by atoms with Crippen molar-refractivity contribution in [2.24, 2.45) is 5.84 Å². The number of likely N-dealkylation sites (N-methyl/N-ethyl adjacent to an activating group) is 1. The molecule has 0 radical (unpaired) electrons. The summed E-state index contributed by atoms with van der Waals surface area (Å²) in [5.41, 5.74) is 2.12. The Balaban J connectivity index is 1.49. The molecule has 0 aromatic heterocycles. The van der Waals surface area contributed by atoms with E-state index in [4.69, 9.17) is 22.2 Å². The number of nitrogens with one attached hydrogen (secondary N) is 1. The summed E-state index contributed by atoms with van der Waals surface area (Å²) < 4.78 is 6.07. The molecule has 202 valence electrons. The Morgan fingerprint density at radius 1 is 1.18 bits per heavy atom. The van der Waals surface area contributed by atoms with Gasteiger partial charge in [-0.1, -0.05) is 36.4 Å². The Bertz CT molecular complexity index is 1190. The summed E-state index contributed by atoms with van der Waals surface area (Å²) in [5, 5.41) is 4.63. The van der Waals surface area contributed by atoms with E-state index in [1.807, 2.05) is 30.3 Å². The molecular weight excluding hydrogens is 504 g/mol. The summed E-state index contributed by atoms with van der Waals surface area (Å²) in [7, 11) is 2.15. The zero-order valence-corrected chi connectivity index (χ0v) is 22.5. The van der Waals surface area contributed by atoms with E-state index in [2.05, 4.69) is 28.7 Å². The monoisotopic (exact) mass is 538 g/mol. The third-order valence-corrected chi connectivity index (χ3v) is 6.87. The zero-order chi connectivity index (χ0) is 27.1. The Hall–Kier alpha value is -3.37. The summed E-state index contributed by atoms with van der Waals surface area (Å²) in [6, 6.07) is 14.7. The molecule has 0 bridgehead atoms. The highest BCUT2D eigenvalue weighted by Gasteiger charge is 2.25. The summed E-state index contributed by atoms with van der Waals surface area (Å²) in [5.74, 6) is 6.71. The number of ether oxygens (including phenoxy) is 1. The van der Waals surface area contributed by atoms with Gasteiger partial charge in [-0.25, -0.2) is 5.84 Å². The minimum absolute atomic E-state index is 0.000880. The number of carbonyl (C=O) groups is 2. The van der Waals surface area contributed by atoms with Crippen molar-refractivity contribution in [2.45, 2.75) is 6.42 Å². The van der Waals surface area contributed by atoms with Gasteiger partial charge in [0, 0.05) is 48.9 Å². The first-order valence-corrected chi connectivity index (χ1v) is 13.1. The lowest BCUT2D eigenvalue weighted by Crippen LogP contribution is -2.44. The molecule has 0 atom stereocenters. The number of rotatable bonds is 10. The number of anilines is 1. The van der Waals surface area contributed by atoms with Crippen molar-refractivity contribution in [2.75, 3.05) is 64.6 Å². The minimum atomic E-state index is -0.350. The lowest BCUT2D eigenvalue weighted by atomic mass is 10.1. The second kappa shape index (κ2) is 12.9. The molecule has 0 unspecified atom stereocenters. The maximum absolute atomic E-state index is 12.9. The molecule has 10 heteroatoms. The van der Waals surface area contributed by atoms with Crippen LogP contribution in [0.25, 0.3) is 5.70 Å². The van der Waals surface area contributed by atoms with Gasteiger partial charge in [-0.15, -0.1) is 0 Å². The van der Waals surface area contributed by atoms with Gasteiger partial charge in [0.15, 0.2) is 0 Å². The standard InChI is InChI=1S/C28H35ClN6O3/c1-21(28(37)34-19-27(36)31-20-34)16-26(35(30)24-8-4-7-23(29)18-24)22-6-3-9-25(17-22)38-15-5-10-33-13-11-32(2)12-14-33/h3-4,6-9,16-18H,1,5,10-15,19-20,30H2,2H3,(H,31,36)/b26-16-. The Morgan fingerprint density at radius 2 is 1.95 bits per heavy atom. The topological polar surface area (TPSA) is 94.4 Å². The average molecular weight is 539 g/mol. The molecule has 0 saturated carbocycles. The number of piperazine rings is 1. The first kappa shape index (κ1) is 27.7. The van der Waals surface area contributed by atoms with Crippen LogP contribution in [0.2, 0.25) is 5.02 Å². The maximum atomic E-state index is 12.9. The summed E-state index contributed by atoms with van der Waals surface area (Å²) in [4.78, 5) is 30.7. The number of nitrogens with zero attached hydrogens (tertiary/aromatic N) is 4. The number of halogens is 1. The van der Waals surface area contributed by atoms with Gasteiger partial charge in [-0.2, -0.15) is 0 Å². The van der Waals surface area contributed by atoms with E-state index in [1.165, 1.54) is 9.91 Å². The molecular formula is C28H35ClN6O3. The molecule has 0 aliphatic carbocycles. The number of carbonyl (C=O) groups excluding carboxylic acids is 2. The van der Waals surface area contributed by atoms with E-state index < -0.39 is 0 Å². The number of hydrogen-bond donors (Lipinski definition) is 2. The molecule has 2 fully saturated rings. The smallest absolute Gasteiger partial charge is 0.255 e. The molecule has 2 amide bonds. The van der Waals surface area contributed by atoms with Crippen molar-refractivity contribution in [1.29, 1.82) is 0 Å². The van der Waals surface area contributed by atoms with Gasteiger partial charge in [-0.05, 0) is 49.9 Å². The molecule has 3 N–H and O–H groups in total. The van der Waals surface area contributed by atoms with Crippen molar-refractivity contribution < 1.29 is 14.3 Å². The Kier molecular flexibility index (Phi) is 9.41. The first-order valence-electron chi connectivity index (χ1n) is 12.7. The van der Waals surface area contributed by atoms with Crippen LogP contribution < -0.4 is 20.9 Å². The molecule has 2 aliphatic heterocycles. The number of hydrazine groups is 1. The molecule has 2 heterocycles. The number of hydrogen-bond acceptors (Lipinski definition) is 7. The van der Waals surface area contributed by atoms with Crippen molar-refractivity contribution in [3.8, 4) is 5.75 Å². The predicted molar refractivity (Wildman–Crippen MR) is 150 cm³/mol. The van der Waals surface area contributed by atoms with Crippen LogP contribution in [0.3, 0.4) is 0 Å². The van der Waals surface area contributed by atoms with E-state index in [-0.39, 0.29) is 30.6 Å². The van der Waals surface area contributed by atoms with Crippen molar-refractivity contribution in [3.05, 3.63) is 77.3 Å². The minimum Gasteiger partial charge on any atom is -0.494 e. The summed E-state index contributed by atoms with van der Waals surface area (Å²) in [6.07, 6.45) is 2.55. The van der Waals surface area contributed by atoms with E-state index >= 15 is 0 Å². The lowest BCUT2D eigenvalue weighted by molar-refractivity contribution is -0.127. The number of nitrogens with two attached hydrogens (primary N) is 1.